The Bertz CT molecular complexity index is 306. The first-order chi connectivity index (χ1) is 6.02. The molecule has 3 nitrogen and oxygen atoms in total. The normalized spacial score (nSPS) is 15.5. The topological polar surface area (TPSA) is 59.1 Å². The van der Waals surface area contributed by atoms with E-state index in [1.54, 1.807) is 6.92 Å². The number of pyridine rings is 1. The fraction of sp³-hybridized carbons (Fsp3) is 0.375. The van der Waals surface area contributed by atoms with Gasteiger partial charge in [0.15, 0.2) is 0 Å². The largest absolute Gasteiger partial charge is 0.391 e. The fourth-order valence-corrected chi connectivity index (χ4v) is 1.07. The molecule has 0 aromatic carbocycles. The molecule has 0 aliphatic rings. The summed E-state index contributed by atoms with van der Waals surface area (Å²) in [6.07, 6.45) is 0.543. The van der Waals surface area contributed by atoms with Gasteiger partial charge in [0.2, 0.25) is 5.95 Å². The van der Waals surface area contributed by atoms with Gasteiger partial charge in [0.1, 0.15) is 0 Å². The van der Waals surface area contributed by atoms with E-state index >= 15 is 0 Å². The third kappa shape index (κ3) is 2.37. The number of aliphatic hydroxyl groups excluding tert-OH is 1. The second kappa shape index (κ2) is 4.00. The van der Waals surface area contributed by atoms with Crippen LogP contribution in [0, 0.1) is 5.95 Å². The van der Waals surface area contributed by atoms with E-state index in [4.69, 9.17) is 22.4 Å². The van der Waals surface area contributed by atoms with E-state index in [1.165, 1.54) is 12.3 Å². The molecule has 0 aliphatic carbocycles. The molecular formula is C8H10ClFN2O. The molecule has 0 saturated carbocycles. The Labute approximate surface area is 80.3 Å². The van der Waals surface area contributed by atoms with Gasteiger partial charge in [-0.3, -0.25) is 0 Å². The number of hydrogen-bond acceptors (Lipinski definition) is 3. The van der Waals surface area contributed by atoms with E-state index in [-0.39, 0.29) is 5.02 Å². The van der Waals surface area contributed by atoms with Crippen LogP contribution in [0.15, 0.2) is 12.3 Å². The molecule has 0 fully saturated rings. The van der Waals surface area contributed by atoms with Crippen LogP contribution in [0.4, 0.5) is 4.39 Å². The molecule has 0 radical (unpaired) electrons. The molecule has 0 unspecified atom stereocenters. The Balaban J connectivity index is 2.97. The van der Waals surface area contributed by atoms with Crippen LogP contribution in [-0.4, -0.2) is 16.2 Å². The lowest BCUT2D eigenvalue weighted by molar-refractivity contribution is 0.164. The molecule has 3 N–H and O–H groups in total. The van der Waals surface area contributed by atoms with Gasteiger partial charge in [0.05, 0.1) is 17.2 Å². The van der Waals surface area contributed by atoms with Gasteiger partial charge >= 0.3 is 0 Å². The van der Waals surface area contributed by atoms with Crippen LogP contribution in [0.25, 0.3) is 0 Å². The van der Waals surface area contributed by atoms with Crippen molar-refractivity contribution in [1.82, 2.24) is 4.98 Å². The van der Waals surface area contributed by atoms with Crippen molar-refractivity contribution in [3.8, 4) is 0 Å². The molecule has 1 aromatic heterocycles. The van der Waals surface area contributed by atoms with Gasteiger partial charge in [0, 0.05) is 6.20 Å². The number of halogens is 2. The number of rotatable bonds is 2. The van der Waals surface area contributed by atoms with E-state index in [9.17, 15) is 4.39 Å². The lowest BCUT2D eigenvalue weighted by atomic mass is 10.1. The number of aromatic nitrogens is 1. The molecule has 1 heterocycles. The molecule has 13 heavy (non-hydrogen) atoms. The zero-order chi connectivity index (χ0) is 10.0. The van der Waals surface area contributed by atoms with Crippen LogP contribution in [-0.2, 0) is 0 Å². The molecule has 0 bridgehead atoms. The fourth-order valence-electron chi connectivity index (χ4n) is 0.897. The Morgan fingerprint density at radius 2 is 2.31 bits per heavy atom. The molecular weight excluding hydrogens is 195 g/mol. The molecule has 2 atom stereocenters. The molecule has 0 saturated heterocycles. The van der Waals surface area contributed by atoms with Crippen molar-refractivity contribution < 1.29 is 9.50 Å². The average Bonchev–Trinajstić information content (AvgIpc) is 2.08. The Kier molecular flexibility index (Phi) is 3.19. The highest BCUT2D eigenvalue weighted by atomic mass is 35.5. The second-order valence-corrected chi connectivity index (χ2v) is 3.21. The van der Waals surface area contributed by atoms with Gasteiger partial charge in [-0.2, -0.15) is 4.39 Å². The average molecular weight is 205 g/mol. The van der Waals surface area contributed by atoms with Crippen LogP contribution in [0.2, 0.25) is 5.02 Å². The Morgan fingerprint density at radius 3 is 2.77 bits per heavy atom. The van der Waals surface area contributed by atoms with Gasteiger partial charge in [-0.15, -0.1) is 0 Å². The van der Waals surface area contributed by atoms with Crippen LogP contribution < -0.4 is 5.73 Å². The zero-order valence-electron chi connectivity index (χ0n) is 7.04. The minimum absolute atomic E-state index is 0.0893. The summed E-state index contributed by atoms with van der Waals surface area (Å²) in [7, 11) is 0. The van der Waals surface area contributed by atoms with Gasteiger partial charge < -0.3 is 10.8 Å². The lowest BCUT2D eigenvalue weighted by Gasteiger charge is -2.14. The van der Waals surface area contributed by atoms with Gasteiger partial charge in [-0.25, -0.2) is 4.98 Å². The third-order valence-electron chi connectivity index (χ3n) is 1.72. The summed E-state index contributed by atoms with van der Waals surface area (Å²) in [6.45, 7) is 1.54. The van der Waals surface area contributed by atoms with Crippen molar-refractivity contribution in [3.05, 3.63) is 28.8 Å². The minimum Gasteiger partial charge on any atom is -0.391 e. The first kappa shape index (κ1) is 10.4. The standard InChI is InChI=1S/C8H10ClFN2O/c1-4(13)7(11)5-2-6(9)8(10)12-3-5/h2-4,7,13H,11H2,1H3/t4-,7+/m1/s1. The predicted octanol–water partition coefficient (Wildman–Crippen LogP) is 1.25. The molecule has 5 heteroatoms. The maximum Gasteiger partial charge on any atom is 0.231 e. The zero-order valence-corrected chi connectivity index (χ0v) is 7.79. The van der Waals surface area contributed by atoms with Crippen molar-refractivity contribution in [2.75, 3.05) is 0 Å². The van der Waals surface area contributed by atoms with Crippen molar-refractivity contribution in [3.63, 3.8) is 0 Å². The predicted molar refractivity (Wildman–Crippen MR) is 47.8 cm³/mol. The molecule has 1 aromatic rings. The smallest absolute Gasteiger partial charge is 0.231 e. The van der Waals surface area contributed by atoms with E-state index < -0.39 is 18.1 Å². The number of nitrogens with zero attached hydrogens (tertiary/aromatic N) is 1. The van der Waals surface area contributed by atoms with E-state index in [0.717, 1.165) is 0 Å². The minimum atomic E-state index is -0.733. The lowest BCUT2D eigenvalue weighted by Crippen LogP contribution is -2.23. The molecule has 0 aliphatic heterocycles. The van der Waals surface area contributed by atoms with E-state index in [2.05, 4.69) is 4.98 Å². The van der Waals surface area contributed by atoms with Crippen LogP contribution in [0.3, 0.4) is 0 Å². The van der Waals surface area contributed by atoms with Crippen LogP contribution in [0.1, 0.15) is 18.5 Å². The van der Waals surface area contributed by atoms with Crippen LogP contribution >= 0.6 is 11.6 Å². The van der Waals surface area contributed by atoms with Crippen molar-refractivity contribution in [2.45, 2.75) is 19.1 Å². The highest BCUT2D eigenvalue weighted by Gasteiger charge is 2.13. The Morgan fingerprint density at radius 1 is 1.69 bits per heavy atom. The number of aliphatic hydroxyl groups is 1. The van der Waals surface area contributed by atoms with Gasteiger partial charge in [-0.1, -0.05) is 11.6 Å². The SMILES string of the molecule is C[C@@H](O)[C@H](N)c1cnc(F)c(Cl)c1. The first-order valence-electron chi connectivity index (χ1n) is 3.77. The van der Waals surface area contributed by atoms with Crippen LogP contribution in [0.5, 0.6) is 0 Å². The van der Waals surface area contributed by atoms with Gasteiger partial charge in [0.25, 0.3) is 0 Å². The third-order valence-corrected chi connectivity index (χ3v) is 1.99. The summed E-state index contributed by atoms with van der Waals surface area (Å²) in [5, 5.41) is 9.06. The molecule has 0 spiro atoms. The highest BCUT2D eigenvalue weighted by Crippen LogP contribution is 2.19. The van der Waals surface area contributed by atoms with Crippen molar-refractivity contribution >= 4 is 11.6 Å². The Hall–Kier alpha value is -0.710. The van der Waals surface area contributed by atoms with Crippen molar-refractivity contribution in [2.24, 2.45) is 5.73 Å². The quantitative estimate of drug-likeness (QED) is 0.713. The summed E-state index contributed by atoms with van der Waals surface area (Å²) in [5.74, 6) is -0.733. The molecule has 0 amide bonds. The van der Waals surface area contributed by atoms with E-state index in [1.807, 2.05) is 0 Å². The summed E-state index contributed by atoms with van der Waals surface area (Å²) in [4.78, 5) is 3.39. The maximum absolute atomic E-state index is 12.6. The summed E-state index contributed by atoms with van der Waals surface area (Å²) in [6, 6.07) is 0.770. The van der Waals surface area contributed by atoms with E-state index in [0.29, 0.717) is 5.56 Å². The highest BCUT2D eigenvalue weighted by molar-refractivity contribution is 6.30. The summed E-state index contributed by atoms with van der Waals surface area (Å²) >= 11 is 5.49. The monoisotopic (exact) mass is 204 g/mol. The van der Waals surface area contributed by atoms with Gasteiger partial charge in [-0.05, 0) is 18.6 Å². The summed E-state index contributed by atoms with van der Waals surface area (Å²) < 4.78 is 12.6. The van der Waals surface area contributed by atoms with Crippen molar-refractivity contribution in [1.29, 1.82) is 0 Å². The molecule has 72 valence electrons. The molecule has 1 rings (SSSR count). The first-order valence-corrected chi connectivity index (χ1v) is 4.14. The number of hydrogen-bond donors (Lipinski definition) is 2. The second-order valence-electron chi connectivity index (χ2n) is 2.81. The summed E-state index contributed by atoms with van der Waals surface area (Å²) in [5.41, 5.74) is 6.10. The number of nitrogens with two attached hydrogens (primary N) is 1. The maximum atomic E-state index is 12.6.